The van der Waals surface area contributed by atoms with Gasteiger partial charge in [-0.3, -0.25) is 13.9 Å². The SMILES string of the molecule is CC[C@@H](C(=O)NC(C)(C)C)N(Cc1c(Cl)cccc1Cl)C(=O)CN(c1ccc(OC)c(OC)c1)S(=O)(=O)c1ccccc1. The zero-order chi connectivity index (χ0) is 31.9. The Morgan fingerprint density at radius 3 is 2.05 bits per heavy atom. The molecule has 0 aliphatic carbocycles. The van der Waals surface area contributed by atoms with E-state index in [2.05, 4.69) is 5.32 Å². The second-order valence-electron chi connectivity index (χ2n) is 10.7. The minimum absolute atomic E-state index is 0.0178. The molecule has 9 nitrogen and oxygen atoms in total. The van der Waals surface area contributed by atoms with E-state index in [1.807, 2.05) is 20.8 Å². The maximum Gasteiger partial charge on any atom is 0.264 e. The van der Waals surface area contributed by atoms with E-state index in [-0.39, 0.29) is 29.3 Å². The predicted molar refractivity (Wildman–Crippen MR) is 170 cm³/mol. The number of methoxy groups -OCH3 is 2. The third kappa shape index (κ3) is 8.34. The van der Waals surface area contributed by atoms with E-state index in [1.54, 1.807) is 49.4 Å². The molecule has 0 aliphatic rings. The highest BCUT2D eigenvalue weighted by atomic mass is 35.5. The topological polar surface area (TPSA) is 105 Å². The fraction of sp³-hybridized carbons (Fsp3) is 0.355. The Hall–Kier alpha value is -3.47. The first-order valence-electron chi connectivity index (χ1n) is 13.6. The highest BCUT2D eigenvalue weighted by Gasteiger charge is 2.35. The fourth-order valence-corrected chi connectivity index (χ4v) is 6.40. The van der Waals surface area contributed by atoms with Gasteiger partial charge in [0, 0.05) is 33.8 Å². The number of nitrogens with one attached hydrogen (secondary N) is 1. The number of carbonyl (C=O) groups is 2. The van der Waals surface area contributed by atoms with Gasteiger partial charge in [0.2, 0.25) is 11.8 Å². The van der Waals surface area contributed by atoms with Crippen molar-refractivity contribution >= 4 is 50.7 Å². The molecule has 43 heavy (non-hydrogen) atoms. The van der Waals surface area contributed by atoms with Crippen LogP contribution in [0.2, 0.25) is 10.0 Å². The minimum atomic E-state index is -4.26. The summed E-state index contributed by atoms with van der Waals surface area (Å²) in [5.74, 6) is -0.373. The van der Waals surface area contributed by atoms with E-state index < -0.39 is 40.0 Å². The lowest BCUT2D eigenvalue weighted by atomic mass is 10.1. The summed E-state index contributed by atoms with van der Waals surface area (Å²) >= 11 is 12.9. The molecular formula is C31H37Cl2N3O6S. The van der Waals surface area contributed by atoms with Gasteiger partial charge in [0.1, 0.15) is 12.6 Å². The molecule has 3 aromatic rings. The molecule has 1 atom stereocenters. The Kier molecular flexibility index (Phi) is 11.3. The zero-order valence-electron chi connectivity index (χ0n) is 25.1. The number of carbonyl (C=O) groups excluding carboxylic acids is 2. The first-order valence-corrected chi connectivity index (χ1v) is 15.8. The van der Waals surface area contributed by atoms with Gasteiger partial charge in [-0.15, -0.1) is 0 Å². The van der Waals surface area contributed by atoms with Crippen molar-refractivity contribution in [3.05, 3.63) is 82.3 Å². The number of rotatable bonds is 12. The number of halogens is 2. The van der Waals surface area contributed by atoms with Crippen molar-refractivity contribution in [2.24, 2.45) is 0 Å². The normalized spacial score (nSPS) is 12.3. The van der Waals surface area contributed by atoms with E-state index in [1.165, 1.54) is 43.4 Å². The molecule has 3 aromatic carbocycles. The number of benzene rings is 3. The lowest BCUT2D eigenvalue weighted by Gasteiger charge is -2.35. The minimum Gasteiger partial charge on any atom is -0.493 e. The smallest absolute Gasteiger partial charge is 0.264 e. The van der Waals surface area contributed by atoms with Crippen molar-refractivity contribution in [3.63, 3.8) is 0 Å². The fourth-order valence-electron chi connectivity index (χ4n) is 4.45. The van der Waals surface area contributed by atoms with Gasteiger partial charge in [0.05, 0.1) is 24.8 Å². The third-order valence-electron chi connectivity index (χ3n) is 6.54. The molecule has 2 amide bonds. The van der Waals surface area contributed by atoms with E-state index in [0.717, 1.165) is 4.31 Å². The molecule has 0 saturated carbocycles. The lowest BCUT2D eigenvalue weighted by Crippen LogP contribution is -2.55. The number of nitrogens with zero attached hydrogens (tertiary/aromatic N) is 2. The van der Waals surface area contributed by atoms with Crippen LogP contribution < -0.4 is 19.1 Å². The number of hydrogen-bond donors (Lipinski definition) is 1. The summed E-state index contributed by atoms with van der Waals surface area (Å²) in [6.45, 7) is 6.51. The van der Waals surface area contributed by atoms with Gasteiger partial charge < -0.3 is 19.7 Å². The molecule has 0 heterocycles. The van der Waals surface area contributed by atoms with Crippen LogP contribution in [0.15, 0.2) is 71.6 Å². The van der Waals surface area contributed by atoms with Crippen LogP contribution in [-0.2, 0) is 26.2 Å². The van der Waals surface area contributed by atoms with Crippen LogP contribution in [-0.4, -0.2) is 57.5 Å². The van der Waals surface area contributed by atoms with Gasteiger partial charge in [-0.25, -0.2) is 8.42 Å². The number of ether oxygens (including phenoxy) is 2. The number of hydrogen-bond acceptors (Lipinski definition) is 6. The number of anilines is 1. The van der Waals surface area contributed by atoms with Crippen LogP contribution in [0.3, 0.4) is 0 Å². The van der Waals surface area contributed by atoms with Crippen molar-refractivity contribution in [3.8, 4) is 11.5 Å². The largest absolute Gasteiger partial charge is 0.493 e. The molecule has 0 saturated heterocycles. The quantitative estimate of drug-likeness (QED) is 0.261. The highest BCUT2D eigenvalue weighted by molar-refractivity contribution is 7.92. The first-order chi connectivity index (χ1) is 20.2. The predicted octanol–water partition coefficient (Wildman–Crippen LogP) is 5.93. The Balaban J connectivity index is 2.16. The zero-order valence-corrected chi connectivity index (χ0v) is 27.4. The maximum absolute atomic E-state index is 14.3. The molecule has 0 radical (unpaired) electrons. The van der Waals surface area contributed by atoms with E-state index >= 15 is 0 Å². The Morgan fingerprint density at radius 2 is 1.51 bits per heavy atom. The molecule has 0 unspecified atom stereocenters. The van der Waals surface area contributed by atoms with E-state index in [4.69, 9.17) is 32.7 Å². The second kappa shape index (κ2) is 14.3. The highest BCUT2D eigenvalue weighted by Crippen LogP contribution is 2.34. The Bertz CT molecular complexity index is 1520. The van der Waals surface area contributed by atoms with Crippen LogP contribution in [0.25, 0.3) is 0 Å². The van der Waals surface area contributed by atoms with E-state index in [9.17, 15) is 18.0 Å². The van der Waals surface area contributed by atoms with Gasteiger partial charge in [0.25, 0.3) is 10.0 Å². The average molecular weight is 651 g/mol. The summed E-state index contributed by atoms with van der Waals surface area (Å²) in [4.78, 5) is 29.1. The van der Waals surface area contributed by atoms with Crippen LogP contribution in [0.1, 0.15) is 39.7 Å². The molecule has 3 rings (SSSR count). The summed E-state index contributed by atoms with van der Waals surface area (Å²) < 4.78 is 39.8. The molecule has 0 aromatic heterocycles. The molecule has 0 aliphatic heterocycles. The summed E-state index contributed by atoms with van der Waals surface area (Å²) in [5, 5.41) is 3.55. The number of amides is 2. The van der Waals surface area contributed by atoms with Crippen molar-refractivity contribution < 1.29 is 27.5 Å². The molecule has 0 bridgehead atoms. The average Bonchev–Trinajstić information content (AvgIpc) is 2.96. The van der Waals surface area contributed by atoms with Crippen molar-refractivity contribution in [2.45, 2.75) is 57.1 Å². The van der Waals surface area contributed by atoms with Crippen molar-refractivity contribution in [2.75, 3.05) is 25.1 Å². The van der Waals surface area contributed by atoms with Crippen LogP contribution in [0, 0.1) is 0 Å². The van der Waals surface area contributed by atoms with Crippen molar-refractivity contribution in [1.82, 2.24) is 10.2 Å². The van der Waals surface area contributed by atoms with Gasteiger partial charge in [-0.05, 0) is 63.6 Å². The van der Waals surface area contributed by atoms with Crippen molar-refractivity contribution in [1.29, 1.82) is 0 Å². The van der Waals surface area contributed by atoms with Crippen LogP contribution in [0.4, 0.5) is 5.69 Å². The summed E-state index contributed by atoms with van der Waals surface area (Å²) in [7, 11) is -1.37. The molecular weight excluding hydrogens is 613 g/mol. The lowest BCUT2D eigenvalue weighted by molar-refractivity contribution is -0.141. The second-order valence-corrected chi connectivity index (χ2v) is 13.4. The molecule has 0 fully saturated rings. The van der Waals surface area contributed by atoms with Gasteiger partial charge in [0.15, 0.2) is 11.5 Å². The van der Waals surface area contributed by atoms with E-state index in [0.29, 0.717) is 21.4 Å². The molecule has 0 spiro atoms. The third-order valence-corrected chi connectivity index (χ3v) is 9.04. The van der Waals surface area contributed by atoms with Crippen LogP contribution in [0.5, 0.6) is 11.5 Å². The maximum atomic E-state index is 14.3. The van der Waals surface area contributed by atoms with Crippen LogP contribution >= 0.6 is 23.2 Å². The first kappa shape index (κ1) is 34.0. The summed E-state index contributed by atoms with van der Waals surface area (Å²) in [5.41, 5.74) is 0.0198. The standard InChI is InChI=1S/C31H37Cl2N3O6S/c1-7-26(30(38)34-31(2,3)4)35(19-23-24(32)14-11-15-25(23)33)29(37)20-36(43(39,40)22-12-9-8-10-13-22)21-16-17-27(41-5)28(18-21)42-6/h8-18,26H,7,19-20H2,1-6H3,(H,34,38)/t26-/m0/s1. The monoisotopic (exact) mass is 649 g/mol. The Morgan fingerprint density at radius 1 is 0.907 bits per heavy atom. The molecule has 232 valence electrons. The van der Waals surface area contributed by atoms with Gasteiger partial charge >= 0.3 is 0 Å². The summed E-state index contributed by atoms with van der Waals surface area (Å²) in [6, 6.07) is 16.3. The summed E-state index contributed by atoms with van der Waals surface area (Å²) in [6.07, 6.45) is 0.248. The van der Waals surface area contributed by atoms with Gasteiger partial charge in [-0.2, -0.15) is 0 Å². The number of sulfonamides is 1. The molecule has 1 N–H and O–H groups in total. The van der Waals surface area contributed by atoms with Gasteiger partial charge in [-0.1, -0.05) is 54.4 Å². The Labute approximate surface area is 263 Å². The molecule has 12 heteroatoms.